The van der Waals surface area contributed by atoms with E-state index in [2.05, 4.69) is 38.5 Å². The maximum atomic E-state index is 5.63. The van der Waals surface area contributed by atoms with Crippen LogP contribution in [0.4, 0.5) is 5.69 Å². The summed E-state index contributed by atoms with van der Waals surface area (Å²) in [5.74, 6) is 0. The highest BCUT2D eigenvalue weighted by Gasteiger charge is 2.10. The van der Waals surface area contributed by atoms with Crippen LogP contribution in [0.15, 0.2) is 28.1 Å². The van der Waals surface area contributed by atoms with Gasteiger partial charge in [0.1, 0.15) is 10.00 Å². The number of benzene rings is 1. The van der Waals surface area contributed by atoms with E-state index in [-0.39, 0.29) is 6.04 Å². The number of hydrogen-bond acceptors (Lipinski definition) is 4. The molecule has 0 aliphatic carbocycles. The lowest BCUT2D eigenvalue weighted by Crippen LogP contribution is -2.11. The number of nitrogens with two attached hydrogens (primary N) is 1. The fourth-order valence-electron chi connectivity index (χ4n) is 1.69. The van der Waals surface area contributed by atoms with Crippen LogP contribution >= 0.6 is 39.5 Å². The monoisotopic (exact) mass is 355 g/mol. The van der Waals surface area contributed by atoms with Gasteiger partial charge in [-0.25, -0.2) is 4.98 Å². The number of nitrogens with zero attached hydrogens (tertiary/aromatic N) is 1. The third kappa shape index (κ3) is 3.52. The molecule has 0 saturated carbocycles. The lowest BCUT2D eigenvalue weighted by Gasteiger charge is -2.14. The van der Waals surface area contributed by atoms with Gasteiger partial charge in [0.25, 0.3) is 0 Å². The molecule has 100 valence electrons. The maximum Gasteiger partial charge on any atom is 0.115 e. The number of aryl methyl sites for hydroxylation is 1. The second-order valence-electron chi connectivity index (χ2n) is 4.25. The molecule has 0 aliphatic heterocycles. The Morgan fingerprint density at radius 2 is 2.26 bits per heavy atom. The second-order valence-corrected chi connectivity index (χ2v) is 6.44. The van der Waals surface area contributed by atoms with E-state index in [1.807, 2.05) is 25.1 Å². The number of rotatable bonds is 4. The van der Waals surface area contributed by atoms with Crippen LogP contribution in [-0.2, 0) is 0 Å². The van der Waals surface area contributed by atoms with Crippen LogP contribution < -0.4 is 11.1 Å². The van der Waals surface area contributed by atoms with Gasteiger partial charge in [0, 0.05) is 26.8 Å². The fourth-order valence-corrected chi connectivity index (χ4v) is 3.39. The molecule has 0 amide bonds. The van der Waals surface area contributed by atoms with Crippen LogP contribution in [0.3, 0.4) is 0 Å². The minimum Gasteiger partial charge on any atom is -0.389 e. The van der Waals surface area contributed by atoms with E-state index in [4.69, 9.17) is 18.0 Å². The number of nitrogens with one attached hydrogen (secondary N) is 1. The molecule has 1 atom stereocenters. The number of halogens is 1. The Bertz CT molecular complexity index is 610. The van der Waals surface area contributed by atoms with Crippen molar-refractivity contribution in [1.82, 2.24) is 4.98 Å². The van der Waals surface area contributed by atoms with Crippen molar-refractivity contribution >= 4 is 50.2 Å². The van der Waals surface area contributed by atoms with Crippen LogP contribution in [0.2, 0.25) is 0 Å². The van der Waals surface area contributed by atoms with Crippen molar-refractivity contribution in [2.24, 2.45) is 5.73 Å². The summed E-state index contributed by atoms with van der Waals surface area (Å²) < 4.78 is 0.896. The van der Waals surface area contributed by atoms with Gasteiger partial charge in [0.2, 0.25) is 0 Å². The number of thiocarbonyl (C=S) groups is 1. The molecule has 1 aromatic carbocycles. The third-order valence-corrected chi connectivity index (χ3v) is 4.65. The smallest absolute Gasteiger partial charge is 0.115 e. The Balaban J connectivity index is 2.15. The van der Waals surface area contributed by atoms with Crippen molar-refractivity contribution in [2.45, 2.75) is 19.9 Å². The maximum absolute atomic E-state index is 5.63. The molecule has 1 unspecified atom stereocenters. The van der Waals surface area contributed by atoms with Crippen molar-refractivity contribution in [3.63, 3.8) is 0 Å². The molecule has 0 bridgehead atoms. The van der Waals surface area contributed by atoms with E-state index < -0.39 is 0 Å². The zero-order valence-corrected chi connectivity index (χ0v) is 13.8. The highest BCUT2D eigenvalue weighted by Crippen LogP contribution is 2.26. The number of hydrogen-bond donors (Lipinski definition) is 2. The Morgan fingerprint density at radius 1 is 1.53 bits per heavy atom. The normalized spacial score (nSPS) is 12.2. The quantitative estimate of drug-likeness (QED) is 0.813. The van der Waals surface area contributed by atoms with E-state index >= 15 is 0 Å². The molecule has 2 aromatic rings. The first-order valence-electron chi connectivity index (χ1n) is 5.75. The summed E-state index contributed by atoms with van der Waals surface area (Å²) in [6.45, 7) is 4.09. The molecular weight excluding hydrogens is 342 g/mol. The third-order valence-electron chi connectivity index (χ3n) is 2.62. The van der Waals surface area contributed by atoms with Gasteiger partial charge in [-0.3, -0.25) is 0 Å². The van der Waals surface area contributed by atoms with Crippen molar-refractivity contribution in [2.75, 3.05) is 5.32 Å². The highest BCUT2D eigenvalue weighted by atomic mass is 79.9. The lowest BCUT2D eigenvalue weighted by atomic mass is 10.2. The largest absolute Gasteiger partial charge is 0.389 e. The lowest BCUT2D eigenvalue weighted by molar-refractivity contribution is 0.864. The summed E-state index contributed by atoms with van der Waals surface area (Å²) in [5, 5.41) is 6.54. The molecule has 1 aromatic heterocycles. The van der Waals surface area contributed by atoms with E-state index in [1.54, 1.807) is 11.3 Å². The molecule has 3 nitrogen and oxygen atoms in total. The molecule has 1 heterocycles. The molecule has 2 rings (SSSR count). The van der Waals surface area contributed by atoms with Gasteiger partial charge >= 0.3 is 0 Å². The molecule has 3 N–H and O–H groups in total. The van der Waals surface area contributed by atoms with E-state index in [9.17, 15) is 0 Å². The Labute approximate surface area is 130 Å². The summed E-state index contributed by atoms with van der Waals surface area (Å²) in [5.41, 5.74) is 8.54. The zero-order valence-electron chi connectivity index (χ0n) is 10.6. The summed E-state index contributed by atoms with van der Waals surface area (Å²) in [7, 11) is 0. The van der Waals surface area contributed by atoms with E-state index in [0.29, 0.717) is 4.99 Å². The van der Waals surface area contributed by atoms with Gasteiger partial charge in [0.05, 0.1) is 6.04 Å². The summed E-state index contributed by atoms with van der Waals surface area (Å²) >= 11 is 10.1. The van der Waals surface area contributed by atoms with Crippen molar-refractivity contribution in [3.8, 4) is 0 Å². The van der Waals surface area contributed by atoms with Gasteiger partial charge in [-0.05, 0) is 48.0 Å². The van der Waals surface area contributed by atoms with Crippen LogP contribution in [0, 0.1) is 6.92 Å². The molecule has 0 fully saturated rings. The van der Waals surface area contributed by atoms with Gasteiger partial charge in [0.15, 0.2) is 0 Å². The van der Waals surface area contributed by atoms with Crippen molar-refractivity contribution in [3.05, 3.63) is 44.3 Å². The average molecular weight is 356 g/mol. The summed E-state index contributed by atoms with van der Waals surface area (Å²) in [6, 6.07) is 6.03. The molecule has 6 heteroatoms. The number of anilines is 1. The van der Waals surface area contributed by atoms with E-state index in [0.717, 1.165) is 26.4 Å². The Kier molecular flexibility index (Phi) is 4.54. The van der Waals surface area contributed by atoms with Crippen LogP contribution in [0.1, 0.15) is 29.2 Å². The molecule has 19 heavy (non-hydrogen) atoms. The Hall–Kier alpha value is -0.980. The van der Waals surface area contributed by atoms with E-state index in [1.165, 1.54) is 0 Å². The van der Waals surface area contributed by atoms with Crippen molar-refractivity contribution in [1.29, 1.82) is 0 Å². The van der Waals surface area contributed by atoms with Crippen LogP contribution in [-0.4, -0.2) is 9.97 Å². The predicted octanol–water partition coefficient (Wildman–Crippen LogP) is 4.02. The van der Waals surface area contributed by atoms with Gasteiger partial charge in [-0.15, -0.1) is 11.3 Å². The van der Waals surface area contributed by atoms with Crippen LogP contribution in [0.25, 0.3) is 0 Å². The first-order valence-corrected chi connectivity index (χ1v) is 7.83. The second kappa shape index (κ2) is 5.98. The first-order chi connectivity index (χ1) is 8.97. The molecular formula is C13H14BrN3S2. The number of aromatic nitrogens is 1. The molecule has 0 aliphatic rings. The van der Waals surface area contributed by atoms with Gasteiger partial charge in [-0.1, -0.05) is 12.2 Å². The molecule has 0 radical (unpaired) electrons. The minimum absolute atomic E-state index is 0.168. The highest BCUT2D eigenvalue weighted by molar-refractivity contribution is 9.10. The predicted molar refractivity (Wildman–Crippen MR) is 88.9 cm³/mol. The minimum atomic E-state index is 0.168. The van der Waals surface area contributed by atoms with Crippen molar-refractivity contribution < 1.29 is 0 Å². The number of thiazole rings is 1. The standard InChI is InChI=1S/C13H14BrN3S2/c1-7-6-19-13(16-7)8(2)17-9-3-4-10(12(15)18)11(14)5-9/h3-6,8,17H,1-2H3,(H2,15,18). The van der Waals surface area contributed by atoms with Crippen LogP contribution in [0.5, 0.6) is 0 Å². The molecule has 0 spiro atoms. The molecule has 0 saturated heterocycles. The van der Waals surface area contributed by atoms with Gasteiger partial charge < -0.3 is 11.1 Å². The topological polar surface area (TPSA) is 50.9 Å². The summed E-state index contributed by atoms with van der Waals surface area (Å²) in [6.07, 6.45) is 0. The van der Waals surface area contributed by atoms with Gasteiger partial charge in [-0.2, -0.15) is 0 Å². The zero-order chi connectivity index (χ0) is 14.0. The summed E-state index contributed by atoms with van der Waals surface area (Å²) in [4.78, 5) is 4.87. The Morgan fingerprint density at radius 3 is 2.79 bits per heavy atom. The fraction of sp³-hybridized carbons (Fsp3) is 0.231. The first kappa shape index (κ1) is 14.4. The SMILES string of the molecule is Cc1csc(C(C)Nc2ccc(C(N)=S)c(Br)c2)n1. The average Bonchev–Trinajstić information content (AvgIpc) is 2.75.